The van der Waals surface area contributed by atoms with Gasteiger partial charge in [0.05, 0.1) is 12.1 Å². The highest BCUT2D eigenvalue weighted by atomic mass is 35.5. The number of likely N-dealkylation sites (tertiary alicyclic amines) is 1. The molecular formula is C27H27ClN4O6. The lowest BCUT2D eigenvalue weighted by molar-refractivity contribution is -0.267. The van der Waals surface area contributed by atoms with Gasteiger partial charge >= 0.3 is 17.8 Å². The van der Waals surface area contributed by atoms with Gasteiger partial charge < -0.3 is 19.3 Å². The number of carbonyl (C=O) groups excluding carboxylic acids is 4. The largest absolute Gasteiger partial charge is 0.421 e. The number of hydrogen-bond donors (Lipinski definition) is 0. The Labute approximate surface area is 224 Å². The molecule has 1 spiro atoms. The fraction of sp³-hybridized carbons (Fsp3) is 0.370. The summed E-state index contributed by atoms with van der Waals surface area (Å²) in [6.45, 7) is 1.29. The molecule has 0 saturated carbocycles. The summed E-state index contributed by atoms with van der Waals surface area (Å²) < 4.78 is 10.7. The molecule has 0 bridgehead atoms. The summed E-state index contributed by atoms with van der Waals surface area (Å²) >= 11 is 5.94. The summed E-state index contributed by atoms with van der Waals surface area (Å²) in [5.41, 5.74) is 1.43. The zero-order chi connectivity index (χ0) is 26.7. The van der Waals surface area contributed by atoms with Crippen LogP contribution >= 0.6 is 11.6 Å². The van der Waals surface area contributed by atoms with Crippen molar-refractivity contribution in [3.63, 3.8) is 0 Å². The summed E-state index contributed by atoms with van der Waals surface area (Å²) in [5.74, 6) is -4.27. The molecule has 198 valence electrons. The number of rotatable bonds is 5. The Hall–Kier alpha value is -3.76. The van der Waals surface area contributed by atoms with Crippen LogP contribution in [0.5, 0.6) is 0 Å². The minimum Gasteiger partial charge on any atom is -0.398 e. The summed E-state index contributed by atoms with van der Waals surface area (Å²) in [7, 11) is 0. The van der Waals surface area contributed by atoms with Gasteiger partial charge in [0.1, 0.15) is 6.54 Å². The second kappa shape index (κ2) is 10.9. The lowest BCUT2D eigenvalue weighted by Crippen LogP contribution is -2.65. The van der Waals surface area contributed by atoms with Gasteiger partial charge in [0.15, 0.2) is 0 Å². The average Bonchev–Trinajstić information content (AvgIpc) is 3.22. The van der Waals surface area contributed by atoms with Crippen molar-refractivity contribution in [2.45, 2.75) is 18.8 Å². The number of ether oxygens (including phenoxy) is 2. The number of esters is 2. The molecule has 11 heteroatoms. The van der Waals surface area contributed by atoms with E-state index in [9.17, 15) is 19.2 Å². The quantitative estimate of drug-likeness (QED) is 0.421. The van der Waals surface area contributed by atoms with Crippen molar-refractivity contribution in [2.24, 2.45) is 5.92 Å². The topological polar surface area (TPSA) is 109 Å². The van der Waals surface area contributed by atoms with E-state index < -0.39 is 17.8 Å². The van der Waals surface area contributed by atoms with Crippen molar-refractivity contribution in [3.8, 4) is 0 Å². The summed E-state index contributed by atoms with van der Waals surface area (Å²) in [6.07, 6.45) is 8.86. The van der Waals surface area contributed by atoms with Crippen LogP contribution in [0.4, 0.5) is 0 Å². The number of piperidine rings is 1. The van der Waals surface area contributed by atoms with Crippen molar-refractivity contribution >= 4 is 41.4 Å². The zero-order valence-corrected chi connectivity index (χ0v) is 21.4. The fourth-order valence-electron chi connectivity index (χ4n) is 4.89. The van der Waals surface area contributed by atoms with Gasteiger partial charge in [-0.3, -0.25) is 14.6 Å². The van der Waals surface area contributed by atoms with E-state index in [0.717, 1.165) is 18.4 Å². The van der Waals surface area contributed by atoms with Crippen molar-refractivity contribution in [2.75, 3.05) is 39.3 Å². The average molecular weight is 539 g/mol. The van der Waals surface area contributed by atoms with E-state index in [1.165, 1.54) is 16.0 Å². The van der Waals surface area contributed by atoms with Gasteiger partial charge in [0, 0.05) is 43.6 Å². The summed E-state index contributed by atoms with van der Waals surface area (Å²) in [5, 5.41) is 0.694. The molecule has 4 heterocycles. The van der Waals surface area contributed by atoms with E-state index in [2.05, 4.69) is 17.1 Å². The summed E-state index contributed by atoms with van der Waals surface area (Å²) in [6, 6.07) is 10.9. The Morgan fingerprint density at radius 1 is 1.00 bits per heavy atom. The van der Waals surface area contributed by atoms with Gasteiger partial charge in [0.25, 0.3) is 5.91 Å². The predicted molar refractivity (Wildman–Crippen MR) is 136 cm³/mol. The Kier molecular flexibility index (Phi) is 7.44. The van der Waals surface area contributed by atoms with Crippen LogP contribution in [0, 0.1) is 5.92 Å². The smallest absolute Gasteiger partial charge is 0.398 e. The van der Waals surface area contributed by atoms with Gasteiger partial charge in [-0.25, -0.2) is 14.5 Å². The maximum absolute atomic E-state index is 13.2. The van der Waals surface area contributed by atoms with Gasteiger partial charge in [-0.1, -0.05) is 35.9 Å². The molecular weight excluding hydrogens is 512 g/mol. The fourth-order valence-corrected chi connectivity index (χ4v) is 5.02. The summed E-state index contributed by atoms with van der Waals surface area (Å²) in [4.78, 5) is 58.9. The number of carbonyl (C=O) groups is 4. The number of piperazine rings is 1. The van der Waals surface area contributed by atoms with Crippen LogP contribution in [-0.4, -0.2) is 88.6 Å². The van der Waals surface area contributed by atoms with Crippen LogP contribution in [0.15, 0.2) is 54.9 Å². The molecule has 2 amide bonds. The number of pyridine rings is 1. The SMILES string of the molecule is O=C1OC2(CN(C(=O)c3cccnc3)CCN2CC(=O)N2CCC(/C=C/c3ccc(Cl)cc3)CC2)OC1=O. The predicted octanol–water partition coefficient (Wildman–Crippen LogP) is 2.20. The van der Waals surface area contributed by atoms with Crippen LogP contribution in [0.1, 0.15) is 28.8 Å². The maximum atomic E-state index is 13.2. The molecule has 0 N–H and O–H groups in total. The van der Waals surface area contributed by atoms with Crippen LogP contribution in [0.2, 0.25) is 5.02 Å². The highest BCUT2D eigenvalue weighted by molar-refractivity contribution is 6.31. The molecule has 2 aromatic rings. The Bertz CT molecular complexity index is 1230. The molecule has 3 fully saturated rings. The number of nitrogens with zero attached hydrogens (tertiary/aromatic N) is 4. The molecule has 0 atom stereocenters. The monoisotopic (exact) mass is 538 g/mol. The maximum Gasteiger partial charge on any atom is 0.421 e. The van der Waals surface area contributed by atoms with E-state index in [4.69, 9.17) is 21.1 Å². The van der Waals surface area contributed by atoms with Crippen LogP contribution < -0.4 is 0 Å². The van der Waals surface area contributed by atoms with Crippen LogP contribution in [0.25, 0.3) is 6.08 Å². The van der Waals surface area contributed by atoms with Crippen molar-refractivity contribution in [1.29, 1.82) is 0 Å². The number of benzene rings is 1. The number of halogens is 1. The number of hydrogen-bond acceptors (Lipinski definition) is 8. The molecule has 38 heavy (non-hydrogen) atoms. The van der Waals surface area contributed by atoms with E-state index in [0.29, 0.717) is 29.6 Å². The van der Waals surface area contributed by atoms with E-state index in [1.54, 1.807) is 23.2 Å². The third kappa shape index (κ3) is 5.56. The minimum atomic E-state index is -1.83. The molecule has 10 nitrogen and oxygen atoms in total. The molecule has 1 aromatic carbocycles. The van der Waals surface area contributed by atoms with E-state index in [1.807, 2.05) is 24.3 Å². The van der Waals surface area contributed by atoms with Gasteiger partial charge in [-0.15, -0.1) is 0 Å². The first-order valence-electron chi connectivity index (χ1n) is 12.5. The number of amides is 2. The van der Waals surface area contributed by atoms with Gasteiger partial charge in [-0.05, 0) is 48.6 Å². The first-order chi connectivity index (χ1) is 18.3. The standard InChI is InChI=1S/C27H27ClN4O6/c28-22-7-5-19(6-8-22)3-4-20-9-12-30(13-10-20)23(33)17-32-15-14-31(24(34)21-2-1-11-29-16-21)18-27(32)37-25(35)26(36)38-27/h1-8,11,16,20H,9-10,12-15,17-18H2/b4-3+. The minimum absolute atomic E-state index is 0.110. The van der Waals surface area contributed by atoms with Crippen molar-refractivity contribution < 1.29 is 28.7 Å². The third-order valence-corrected chi connectivity index (χ3v) is 7.28. The lowest BCUT2D eigenvalue weighted by Gasteiger charge is -2.45. The second-order valence-electron chi connectivity index (χ2n) is 9.51. The molecule has 5 rings (SSSR count). The first kappa shape index (κ1) is 25.9. The van der Waals surface area contributed by atoms with Crippen molar-refractivity contribution in [3.05, 3.63) is 71.0 Å². The molecule has 0 unspecified atom stereocenters. The van der Waals surface area contributed by atoms with E-state index >= 15 is 0 Å². The zero-order valence-electron chi connectivity index (χ0n) is 20.6. The Balaban J connectivity index is 1.20. The molecule has 3 aliphatic heterocycles. The first-order valence-corrected chi connectivity index (χ1v) is 12.8. The van der Waals surface area contributed by atoms with Gasteiger partial charge in [0.2, 0.25) is 5.91 Å². The third-order valence-electron chi connectivity index (χ3n) is 7.03. The molecule has 1 aromatic heterocycles. The second-order valence-corrected chi connectivity index (χ2v) is 9.95. The van der Waals surface area contributed by atoms with E-state index in [-0.39, 0.29) is 38.0 Å². The normalized spacial score (nSPS) is 20.1. The Morgan fingerprint density at radius 3 is 2.37 bits per heavy atom. The lowest BCUT2D eigenvalue weighted by atomic mass is 9.95. The highest BCUT2D eigenvalue weighted by Crippen LogP contribution is 2.31. The molecule has 3 aliphatic rings. The van der Waals surface area contributed by atoms with Gasteiger partial charge in [-0.2, -0.15) is 0 Å². The molecule has 0 radical (unpaired) electrons. The van der Waals surface area contributed by atoms with Crippen LogP contribution in [0.3, 0.4) is 0 Å². The Morgan fingerprint density at radius 2 is 1.71 bits per heavy atom. The highest BCUT2D eigenvalue weighted by Gasteiger charge is 2.57. The number of aromatic nitrogens is 1. The number of allylic oxidation sites excluding steroid dienone is 1. The van der Waals surface area contributed by atoms with Crippen LogP contribution in [-0.2, 0) is 23.9 Å². The van der Waals surface area contributed by atoms with Crippen molar-refractivity contribution in [1.82, 2.24) is 19.7 Å². The molecule has 0 aliphatic carbocycles. The molecule has 3 saturated heterocycles.